The van der Waals surface area contributed by atoms with Crippen molar-refractivity contribution < 1.29 is 14.6 Å². The minimum Gasteiger partial charge on any atom is -0.476 e. The molecule has 1 N–H and O–H groups in total. The van der Waals surface area contributed by atoms with Gasteiger partial charge in [-0.1, -0.05) is 5.21 Å². The summed E-state index contributed by atoms with van der Waals surface area (Å²) >= 11 is 0. The summed E-state index contributed by atoms with van der Waals surface area (Å²) in [4.78, 5) is 11.2. The number of aromatic carboxylic acids is 1. The Kier molecular flexibility index (Phi) is 3.91. The van der Waals surface area contributed by atoms with Crippen LogP contribution in [-0.4, -0.2) is 49.6 Å². The highest BCUT2D eigenvalue weighted by Gasteiger charge is 2.21. The number of nitrogens with zero attached hydrogens (tertiary/aromatic N) is 5. The molecular weight excluding hydrogens is 250 g/mol. The largest absolute Gasteiger partial charge is 0.476 e. The molecule has 2 rings (SSSR count). The predicted octanol–water partition coefficient (Wildman–Crippen LogP) is 0.413. The van der Waals surface area contributed by atoms with Gasteiger partial charge in [-0.3, -0.25) is 4.68 Å². The average Bonchev–Trinajstić information content (AvgIpc) is 2.95. The van der Waals surface area contributed by atoms with Crippen LogP contribution in [0.1, 0.15) is 16.9 Å². The Bertz CT molecular complexity index is 575. The van der Waals surface area contributed by atoms with E-state index in [0.29, 0.717) is 24.4 Å². The summed E-state index contributed by atoms with van der Waals surface area (Å²) in [7, 11) is 3.38. The minimum atomic E-state index is -1.10. The molecule has 102 valence electrons. The number of aromatic nitrogens is 5. The zero-order chi connectivity index (χ0) is 13.8. The van der Waals surface area contributed by atoms with Gasteiger partial charge in [-0.25, -0.2) is 9.48 Å². The number of hydrogen-bond donors (Lipinski definition) is 1. The fourth-order valence-electron chi connectivity index (χ4n) is 1.80. The first kappa shape index (κ1) is 13.2. The van der Waals surface area contributed by atoms with E-state index in [9.17, 15) is 4.79 Å². The SMILES string of the molecule is COCCCn1nnc(C(=O)O)c1-c1cnn(C)c1. The molecule has 0 unspecified atom stereocenters. The third-order valence-electron chi connectivity index (χ3n) is 2.63. The van der Waals surface area contributed by atoms with Gasteiger partial charge in [0.05, 0.1) is 6.20 Å². The summed E-state index contributed by atoms with van der Waals surface area (Å²) in [5, 5.41) is 20.8. The third-order valence-corrected chi connectivity index (χ3v) is 2.63. The van der Waals surface area contributed by atoms with Gasteiger partial charge in [-0.2, -0.15) is 5.10 Å². The lowest BCUT2D eigenvalue weighted by Crippen LogP contribution is -2.06. The maximum absolute atomic E-state index is 11.2. The fourth-order valence-corrected chi connectivity index (χ4v) is 1.80. The summed E-state index contributed by atoms with van der Waals surface area (Å²) in [5.41, 5.74) is 1.09. The molecule has 8 heteroatoms. The van der Waals surface area contributed by atoms with Crippen molar-refractivity contribution >= 4 is 5.97 Å². The molecule has 0 atom stereocenters. The van der Waals surface area contributed by atoms with Crippen molar-refractivity contribution in [2.45, 2.75) is 13.0 Å². The lowest BCUT2D eigenvalue weighted by molar-refractivity contribution is 0.0691. The van der Waals surface area contributed by atoms with Gasteiger partial charge in [0.1, 0.15) is 5.69 Å². The normalized spacial score (nSPS) is 10.8. The highest BCUT2D eigenvalue weighted by molar-refractivity contribution is 5.92. The van der Waals surface area contributed by atoms with Crippen LogP contribution in [-0.2, 0) is 18.3 Å². The van der Waals surface area contributed by atoms with Crippen LogP contribution in [0.2, 0.25) is 0 Å². The summed E-state index contributed by atoms with van der Waals surface area (Å²) in [6.45, 7) is 1.12. The van der Waals surface area contributed by atoms with Crippen molar-refractivity contribution in [1.82, 2.24) is 24.8 Å². The first-order valence-corrected chi connectivity index (χ1v) is 5.78. The molecule has 0 aromatic carbocycles. The van der Waals surface area contributed by atoms with E-state index >= 15 is 0 Å². The van der Waals surface area contributed by atoms with Gasteiger partial charge in [0, 0.05) is 39.1 Å². The van der Waals surface area contributed by atoms with E-state index in [1.165, 1.54) is 0 Å². The second kappa shape index (κ2) is 5.61. The standard InChI is InChI=1S/C11H15N5O3/c1-15-7-8(6-12-15)10-9(11(17)18)13-14-16(10)4-3-5-19-2/h6-7H,3-5H2,1-2H3,(H,17,18). The topological polar surface area (TPSA) is 95.1 Å². The Labute approximate surface area is 109 Å². The van der Waals surface area contributed by atoms with Crippen LogP contribution in [0.5, 0.6) is 0 Å². The first-order valence-electron chi connectivity index (χ1n) is 5.78. The molecule has 2 aromatic rings. The lowest BCUT2D eigenvalue weighted by Gasteiger charge is -2.04. The zero-order valence-corrected chi connectivity index (χ0v) is 10.8. The Morgan fingerprint density at radius 1 is 1.53 bits per heavy atom. The van der Waals surface area contributed by atoms with Crippen LogP contribution in [0.15, 0.2) is 12.4 Å². The predicted molar refractivity (Wildman–Crippen MR) is 65.7 cm³/mol. The van der Waals surface area contributed by atoms with Crippen molar-refractivity contribution in [3.63, 3.8) is 0 Å². The Hall–Kier alpha value is -2.22. The van der Waals surface area contributed by atoms with E-state index in [4.69, 9.17) is 9.84 Å². The van der Waals surface area contributed by atoms with Crippen molar-refractivity contribution in [1.29, 1.82) is 0 Å². The molecule has 0 saturated carbocycles. The number of carboxylic acid groups (broad SMARTS) is 1. The van der Waals surface area contributed by atoms with E-state index in [1.807, 2.05) is 0 Å². The van der Waals surface area contributed by atoms with E-state index in [-0.39, 0.29) is 5.69 Å². The number of carbonyl (C=O) groups is 1. The number of carboxylic acids is 1. The maximum Gasteiger partial charge on any atom is 0.358 e. The van der Waals surface area contributed by atoms with Crippen molar-refractivity contribution in [2.24, 2.45) is 7.05 Å². The van der Waals surface area contributed by atoms with Gasteiger partial charge in [-0.05, 0) is 6.42 Å². The van der Waals surface area contributed by atoms with Gasteiger partial charge in [0.25, 0.3) is 0 Å². The van der Waals surface area contributed by atoms with Crippen LogP contribution in [0.25, 0.3) is 11.3 Å². The second-order valence-corrected chi connectivity index (χ2v) is 4.06. The van der Waals surface area contributed by atoms with Crippen LogP contribution >= 0.6 is 0 Å². The number of hydrogen-bond acceptors (Lipinski definition) is 5. The molecule has 0 bridgehead atoms. The molecule has 2 aromatic heterocycles. The quantitative estimate of drug-likeness (QED) is 0.760. The van der Waals surface area contributed by atoms with Gasteiger partial charge in [0.2, 0.25) is 0 Å². The molecule has 0 aliphatic rings. The molecule has 0 radical (unpaired) electrons. The van der Waals surface area contributed by atoms with Crippen LogP contribution in [0.4, 0.5) is 0 Å². The summed E-state index contributed by atoms with van der Waals surface area (Å²) < 4.78 is 8.15. The van der Waals surface area contributed by atoms with Gasteiger partial charge >= 0.3 is 5.97 Å². The molecule has 0 spiro atoms. The van der Waals surface area contributed by atoms with E-state index in [0.717, 1.165) is 6.42 Å². The Balaban J connectivity index is 2.36. The van der Waals surface area contributed by atoms with Crippen LogP contribution in [0.3, 0.4) is 0 Å². The van der Waals surface area contributed by atoms with Crippen molar-refractivity contribution in [3.05, 3.63) is 18.1 Å². The highest BCUT2D eigenvalue weighted by atomic mass is 16.5. The average molecular weight is 265 g/mol. The van der Waals surface area contributed by atoms with E-state index < -0.39 is 5.97 Å². The first-order chi connectivity index (χ1) is 9.13. The van der Waals surface area contributed by atoms with Crippen LogP contribution < -0.4 is 0 Å². The molecule has 0 saturated heterocycles. The number of methoxy groups -OCH3 is 1. The molecule has 0 aliphatic carbocycles. The Morgan fingerprint density at radius 3 is 2.89 bits per heavy atom. The highest BCUT2D eigenvalue weighted by Crippen LogP contribution is 2.21. The lowest BCUT2D eigenvalue weighted by atomic mass is 10.2. The monoisotopic (exact) mass is 265 g/mol. The number of aryl methyl sites for hydroxylation is 2. The minimum absolute atomic E-state index is 0.0644. The molecule has 8 nitrogen and oxygen atoms in total. The van der Waals surface area contributed by atoms with Gasteiger partial charge in [0.15, 0.2) is 5.69 Å². The van der Waals surface area contributed by atoms with Crippen LogP contribution in [0, 0.1) is 0 Å². The molecule has 0 aliphatic heterocycles. The molecule has 2 heterocycles. The van der Waals surface area contributed by atoms with E-state index in [1.54, 1.807) is 35.9 Å². The molecular formula is C11H15N5O3. The zero-order valence-electron chi connectivity index (χ0n) is 10.8. The van der Waals surface area contributed by atoms with Gasteiger partial charge < -0.3 is 9.84 Å². The number of rotatable bonds is 6. The second-order valence-electron chi connectivity index (χ2n) is 4.06. The summed E-state index contributed by atoms with van der Waals surface area (Å²) in [6, 6.07) is 0. The molecule has 0 amide bonds. The smallest absolute Gasteiger partial charge is 0.358 e. The summed E-state index contributed by atoms with van der Waals surface area (Å²) in [6.07, 6.45) is 4.06. The molecule has 19 heavy (non-hydrogen) atoms. The fraction of sp³-hybridized carbons (Fsp3) is 0.455. The van der Waals surface area contributed by atoms with Crippen molar-refractivity contribution in [3.8, 4) is 11.3 Å². The number of ether oxygens (including phenoxy) is 1. The third kappa shape index (κ3) is 2.79. The van der Waals surface area contributed by atoms with E-state index in [2.05, 4.69) is 15.4 Å². The van der Waals surface area contributed by atoms with Gasteiger partial charge in [-0.15, -0.1) is 5.10 Å². The molecule has 0 fully saturated rings. The van der Waals surface area contributed by atoms with Crippen molar-refractivity contribution in [2.75, 3.05) is 13.7 Å². The summed E-state index contributed by atoms with van der Waals surface area (Å²) in [5.74, 6) is -1.10. The Morgan fingerprint density at radius 2 is 2.32 bits per heavy atom. The maximum atomic E-state index is 11.2.